The molecule has 1 heterocycles. The maximum Gasteiger partial charge on any atom is 1.00 e. The van der Waals surface area contributed by atoms with Crippen molar-refractivity contribution in [1.29, 1.82) is 0 Å². The fourth-order valence-electron chi connectivity index (χ4n) is 3.85. The fraction of sp³-hybridized carbons (Fsp3) is 0.579. The van der Waals surface area contributed by atoms with Crippen LogP contribution in [0.15, 0.2) is 23.1 Å². The van der Waals surface area contributed by atoms with E-state index in [0.29, 0.717) is 24.1 Å². The standard InChI is InChI=1S/C19H27NO8S2.Na.H/c1-4-28-18(21)7-5-10-19(3)14(2)20(11-6-12-29(22,23)24)17-9-8-15(13-16(17)19)30(25,26)27;;/h8-9,13H,4-7,10-12H2,1-3H3,(H-,22,23,24,25,26,27);;/q;+1;-1. The van der Waals surface area contributed by atoms with Gasteiger partial charge in [0.05, 0.1) is 22.7 Å². The van der Waals surface area contributed by atoms with Crippen LogP contribution < -0.4 is 29.6 Å². The second-order valence-electron chi connectivity index (χ2n) is 7.50. The molecule has 0 amide bonds. The average molecular weight is 486 g/mol. The van der Waals surface area contributed by atoms with Crippen molar-refractivity contribution in [2.24, 2.45) is 0 Å². The maximum absolute atomic E-state index is 11.7. The second-order valence-corrected chi connectivity index (χ2v) is 10.5. The van der Waals surface area contributed by atoms with Crippen molar-refractivity contribution >= 4 is 37.6 Å². The molecule has 0 saturated carbocycles. The summed E-state index contributed by atoms with van der Waals surface area (Å²) in [6.45, 7) is 6.05. The largest absolute Gasteiger partial charge is 1.00 e. The van der Waals surface area contributed by atoms with Crippen molar-refractivity contribution in [3.8, 4) is 0 Å². The number of esters is 1. The molecule has 2 rings (SSSR count). The van der Waals surface area contributed by atoms with E-state index in [4.69, 9.17) is 9.29 Å². The van der Waals surface area contributed by atoms with Gasteiger partial charge in [-0.1, -0.05) is 0 Å². The number of hydrogen-bond donors (Lipinski definition) is 1. The average Bonchev–Trinajstić information content (AvgIpc) is 2.82. The van der Waals surface area contributed by atoms with E-state index in [1.807, 2.05) is 18.4 Å². The van der Waals surface area contributed by atoms with Gasteiger partial charge in [0.2, 0.25) is 5.69 Å². The van der Waals surface area contributed by atoms with Gasteiger partial charge in [-0.25, -0.2) is 8.42 Å². The number of rotatable bonds is 10. The predicted molar refractivity (Wildman–Crippen MR) is 110 cm³/mol. The molecule has 12 heteroatoms. The van der Waals surface area contributed by atoms with Crippen LogP contribution in [-0.2, 0) is 35.2 Å². The molecule has 0 aromatic heterocycles. The Hall–Kier alpha value is -0.820. The summed E-state index contributed by atoms with van der Waals surface area (Å²) in [5.74, 6) is -0.725. The summed E-state index contributed by atoms with van der Waals surface area (Å²) in [5, 5.41) is 0. The number of ether oxygens (including phenoxy) is 1. The molecule has 1 aromatic carbocycles. The van der Waals surface area contributed by atoms with Crippen LogP contribution in [0.2, 0.25) is 0 Å². The Labute approximate surface area is 207 Å². The molecular weight excluding hydrogens is 457 g/mol. The summed E-state index contributed by atoms with van der Waals surface area (Å²) in [6.07, 6.45) is 1.35. The van der Waals surface area contributed by atoms with Gasteiger partial charge in [-0.2, -0.15) is 13.0 Å². The first-order valence-corrected chi connectivity index (χ1v) is 12.6. The van der Waals surface area contributed by atoms with Crippen molar-refractivity contribution in [2.75, 3.05) is 18.9 Å². The Morgan fingerprint density at radius 2 is 1.90 bits per heavy atom. The van der Waals surface area contributed by atoms with E-state index < -0.39 is 31.4 Å². The first-order chi connectivity index (χ1) is 13.8. The summed E-state index contributed by atoms with van der Waals surface area (Å²) in [5.41, 5.74) is 1.50. The molecule has 1 aliphatic rings. The number of nitrogens with zero attached hydrogens (tertiary/aromatic N) is 1. The molecule has 0 aliphatic carbocycles. The van der Waals surface area contributed by atoms with Gasteiger partial charge in [-0.05, 0) is 38.8 Å². The van der Waals surface area contributed by atoms with Gasteiger partial charge in [-0.15, -0.1) is 0 Å². The third-order valence-corrected chi connectivity index (χ3v) is 7.13. The van der Waals surface area contributed by atoms with Gasteiger partial charge in [-0.3, -0.25) is 9.35 Å². The van der Waals surface area contributed by atoms with Crippen LogP contribution in [0.3, 0.4) is 0 Å². The summed E-state index contributed by atoms with van der Waals surface area (Å²) in [4.78, 5) is 11.4. The Bertz CT molecular complexity index is 1070. The molecule has 1 aromatic rings. The van der Waals surface area contributed by atoms with E-state index in [1.165, 1.54) is 18.2 Å². The van der Waals surface area contributed by atoms with Crippen LogP contribution in [0.1, 0.15) is 53.4 Å². The van der Waals surface area contributed by atoms with Crippen LogP contribution in [0.4, 0.5) is 5.69 Å². The molecule has 9 nitrogen and oxygen atoms in total. The molecule has 0 saturated heterocycles. The van der Waals surface area contributed by atoms with Gasteiger partial charge in [0.15, 0.2) is 5.71 Å². The van der Waals surface area contributed by atoms with Crippen LogP contribution >= 0.6 is 0 Å². The minimum Gasteiger partial charge on any atom is -1.00 e. The minimum atomic E-state index is -4.65. The van der Waals surface area contributed by atoms with E-state index >= 15 is 0 Å². The molecule has 1 unspecified atom stereocenters. The zero-order valence-corrected chi connectivity index (χ0v) is 21.9. The molecule has 1 aliphatic heterocycles. The van der Waals surface area contributed by atoms with Gasteiger partial charge in [0.1, 0.15) is 16.7 Å². The molecule has 0 radical (unpaired) electrons. The smallest absolute Gasteiger partial charge is 1.00 e. The van der Waals surface area contributed by atoms with Crippen molar-refractivity contribution in [1.82, 2.24) is 0 Å². The number of carbonyl (C=O) groups is 1. The van der Waals surface area contributed by atoms with Gasteiger partial charge >= 0.3 is 35.5 Å². The Morgan fingerprint density at radius 1 is 1.26 bits per heavy atom. The molecule has 31 heavy (non-hydrogen) atoms. The van der Waals surface area contributed by atoms with E-state index in [-0.39, 0.29) is 67.8 Å². The van der Waals surface area contributed by atoms with Crippen LogP contribution in [-0.4, -0.2) is 61.1 Å². The van der Waals surface area contributed by atoms with E-state index in [9.17, 15) is 26.2 Å². The Morgan fingerprint density at radius 3 is 2.45 bits per heavy atom. The van der Waals surface area contributed by atoms with E-state index in [0.717, 1.165) is 5.71 Å². The minimum absolute atomic E-state index is 0. The predicted octanol–water partition coefficient (Wildman–Crippen LogP) is -0.905. The Balaban J connectivity index is 0.00000480. The third kappa shape index (κ3) is 7.08. The number of fused-ring (bicyclic) bond motifs is 1. The third-order valence-electron chi connectivity index (χ3n) is 5.49. The SMILES string of the molecule is CCOC(=O)CCCC1(C)C(C)=[N+](CCCS(=O)(=O)O)c2ccc(S(=O)(=O)[O-])cc21.[H-].[Na+]. The van der Waals surface area contributed by atoms with Crippen molar-refractivity contribution in [3.63, 3.8) is 0 Å². The molecule has 1 N–H and O–H groups in total. The van der Waals surface area contributed by atoms with Crippen molar-refractivity contribution in [2.45, 2.75) is 56.8 Å². The number of hydrogen-bond acceptors (Lipinski definition) is 7. The monoisotopic (exact) mass is 485 g/mol. The Kier molecular flexibility index (Phi) is 9.89. The topological polar surface area (TPSA) is 141 Å². The van der Waals surface area contributed by atoms with Gasteiger partial charge in [0, 0.05) is 31.4 Å². The van der Waals surface area contributed by atoms with E-state index in [1.54, 1.807) is 6.92 Å². The summed E-state index contributed by atoms with van der Waals surface area (Å²) in [6, 6.07) is 4.12. The van der Waals surface area contributed by atoms with Gasteiger partial charge < -0.3 is 10.7 Å². The molecule has 0 fully saturated rings. The quantitative estimate of drug-likeness (QED) is 0.194. The van der Waals surface area contributed by atoms with Gasteiger partial charge in [0.25, 0.3) is 10.1 Å². The maximum atomic E-state index is 11.7. The number of carbonyl (C=O) groups excluding carboxylic acids is 1. The number of benzene rings is 1. The molecule has 1 atom stereocenters. The summed E-state index contributed by atoms with van der Waals surface area (Å²) >= 11 is 0. The van der Waals surface area contributed by atoms with Crippen LogP contribution in [0.5, 0.6) is 0 Å². The van der Waals surface area contributed by atoms with Crippen LogP contribution in [0.25, 0.3) is 0 Å². The van der Waals surface area contributed by atoms with E-state index in [2.05, 4.69) is 0 Å². The summed E-state index contributed by atoms with van der Waals surface area (Å²) in [7, 11) is -8.75. The van der Waals surface area contributed by atoms with Crippen LogP contribution in [0, 0.1) is 0 Å². The second kappa shape index (κ2) is 10.9. The fourth-order valence-corrected chi connectivity index (χ4v) is 4.84. The zero-order chi connectivity index (χ0) is 22.7. The molecule has 170 valence electrons. The zero-order valence-electron chi connectivity index (χ0n) is 19.3. The molecule has 0 spiro atoms. The normalized spacial score (nSPS) is 18.5. The first-order valence-electron chi connectivity index (χ1n) is 9.62. The molecule has 0 bridgehead atoms. The van der Waals surface area contributed by atoms with Crippen molar-refractivity contribution in [3.05, 3.63) is 23.8 Å². The van der Waals surface area contributed by atoms with Crippen molar-refractivity contribution < 1.29 is 71.0 Å². The summed E-state index contributed by atoms with van der Waals surface area (Å²) < 4.78 is 72.5. The first kappa shape index (κ1) is 28.2. The molecular formula is C19H28NNaO8S2.